The normalized spacial score (nSPS) is 10.2. The number of nitrogens with one attached hydrogen (secondary N) is 2. The van der Waals surface area contributed by atoms with Crippen LogP contribution in [0.2, 0.25) is 5.02 Å². The minimum absolute atomic E-state index is 0.204. The van der Waals surface area contributed by atoms with Gasteiger partial charge in [0.05, 0.1) is 10.6 Å². The Bertz CT molecular complexity index is 643. The average Bonchev–Trinajstić information content (AvgIpc) is 2.48. The van der Waals surface area contributed by atoms with E-state index in [9.17, 15) is 4.79 Å². The Hall–Kier alpha value is -2.07. The monoisotopic (exact) mass is 303 g/mol. The molecule has 0 aliphatic heterocycles. The van der Waals surface area contributed by atoms with Crippen molar-refractivity contribution in [1.82, 2.24) is 10.3 Å². The summed E-state index contributed by atoms with van der Waals surface area (Å²) in [5, 5.41) is 6.30. The van der Waals surface area contributed by atoms with Crippen LogP contribution >= 0.6 is 11.6 Å². The van der Waals surface area contributed by atoms with Crippen LogP contribution in [0.3, 0.4) is 0 Å². The summed E-state index contributed by atoms with van der Waals surface area (Å²) in [4.78, 5) is 16.4. The molecule has 110 valence electrons. The van der Waals surface area contributed by atoms with Crippen molar-refractivity contribution in [2.24, 2.45) is 0 Å². The summed E-state index contributed by atoms with van der Waals surface area (Å²) in [7, 11) is 0. The lowest BCUT2D eigenvalue weighted by Gasteiger charge is -2.10. The quantitative estimate of drug-likeness (QED) is 0.890. The van der Waals surface area contributed by atoms with E-state index in [-0.39, 0.29) is 5.91 Å². The molecule has 0 saturated carbocycles. The molecule has 0 bridgehead atoms. The van der Waals surface area contributed by atoms with Crippen LogP contribution in [0.15, 0.2) is 36.5 Å². The van der Waals surface area contributed by atoms with E-state index < -0.39 is 0 Å². The van der Waals surface area contributed by atoms with Crippen LogP contribution in [-0.2, 0) is 6.54 Å². The second-order valence-corrected chi connectivity index (χ2v) is 5.10. The molecule has 0 radical (unpaired) electrons. The molecule has 0 atom stereocenters. The van der Waals surface area contributed by atoms with E-state index in [2.05, 4.69) is 15.6 Å². The fourth-order valence-electron chi connectivity index (χ4n) is 1.97. The number of carbonyl (C=O) groups is 1. The summed E-state index contributed by atoms with van der Waals surface area (Å²) < 4.78 is 0. The number of pyridine rings is 1. The number of nitrogens with zero attached hydrogens (tertiary/aromatic N) is 1. The van der Waals surface area contributed by atoms with E-state index in [1.165, 1.54) is 6.20 Å². The summed E-state index contributed by atoms with van der Waals surface area (Å²) in [5.74, 6) is 0.438. The Balaban J connectivity index is 2.10. The molecule has 21 heavy (non-hydrogen) atoms. The van der Waals surface area contributed by atoms with Crippen LogP contribution in [-0.4, -0.2) is 17.4 Å². The third-order valence-corrected chi connectivity index (χ3v) is 3.46. The highest BCUT2D eigenvalue weighted by Gasteiger charge is 2.12. The molecule has 2 rings (SSSR count). The molecule has 1 heterocycles. The van der Waals surface area contributed by atoms with E-state index in [0.717, 1.165) is 17.7 Å². The smallest absolute Gasteiger partial charge is 0.253 e. The van der Waals surface area contributed by atoms with E-state index in [1.807, 2.05) is 38.1 Å². The van der Waals surface area contributed by atoms with Crippen molar-refractivity contribution >= 4 is 23.3 Å². The first-order chi connectivity index (χ1) is 10.1. The lowest BCUT2D eigenvalue weighted by atomic mass is 10.1. The molecule has 0 aliphatic carbocycles. The maximum Gasteiger partial charge on any atom is 0.253 e. The minimum atomic E-state index is -0.204. The van der Waals surface area contributed by atoms with Gasteiger partial charge in [-0.1, -0.05) is 35.9 Å². The molecule has 5 heteroatoms. The highest BCUT2D eigenvalue weighted by molar-refractivity contribution is 6.33. The van der Waals surface area contributed by atoms with E-state index >= 15 is 0 Å². The Labute approximate surface area is 129 Å². The maximum atomic E-state index is 12.3. The summed E-state index contributed by atoms with van der Waals surface area (Å²) in [5.41, 5.74) is 2.66. The Kier molecular flexibility index (Phi) is 5.17. The number of anilines is 1. The molecule has 0 saturated heterocycles. The lowest BCUT2D eigenvalue weighted by Crippen LogP contribution is -2.23. The Morgan fingerprint density at radius 2 is 2.10 bits per heavy atom. The molecule has 4 nitrogen and oxygen atoms in total. The van der Waals surface area contributed by atoms with Crippen molar-refractivity contribution < 1.29 is 4.79 Å². The SMILES string of the molecule is CCNc1cc(C(=O)NCc2ccccc2C)c(Cl)cn1. The predicted molar refractivity (Wildman–Crippen MR) is 85.8 cm³/mol. The lowest BCUT2D eigenvalue weighted by molar-refractivity contribution is 0.0951. The van der Waals surface area contributed by atoms with Crippen LogP contribution < -0.4 is 10.6 Å². The zero-order valence-corrected chi connectivity index (χ0v) is 12.9. The summed E-state index contributed by atoms with van der Waals surface area (Å²) in [6, 6.07) is 9.61. The van der Waals surface area contributed by atoms with Crippen LogP contribution in [0, 0.1) is 6.92 Å². The van der Waals surface area contributed by atoms with Gasteiger partial charge in [-0.3, -0.25) is 4.79 Å². The van der Waals surface area contributed by atoms with Gasteiger partial charge < -0.3 is 10.6 Å². The molecular weight excluding hydrogens is 286 g/mol. The van der Waals surface area contributed by atoms with Gasteiger partial charge in [0.1, 0.15) is 5.82 Å². The zero-order chi connectivity index (χ0) is 15.2. The van der Waals surface area contributed by atoms with Gasteiger partial charge in [0.15, 0.2) is 0 Å². The largest absolute Gasteiger partial charge is 0.370 e. The molecule has 1 aromatic carbocycles. The van der Waals surface area contributed by atoms with Crippen molar-refractivity contribution in [3.8, 4) is 0 Å². The fourth-order valence-corrected chi connectivity index (χ4v) is 2.16. The van der Waals surface area contributed by atoms with Crippen LogP contribution in [0.1, 0.15) is 28.4 Å². The molecule has 1 amide bonds. The second-order valence-electron chi connectivity index (χ2n) is 4.69. The van der Waals surface area contributed by atoms with Gasteiger partial charge in [-0.05, 0) is 31.0 Å². The number of hydrogen-bond donors (Lipinski definition) is 2. The number of benzene rings is 1. The third-order valence-electron chi connectivity index (χ3n) is 3.16. The number of carbonyl (C=O) groups excluding carboxylic acids is 1. The van der Waals surface area contributed by atoms with E-state index in [4.69, 9.17) is 11.6 Å². The second kappa shape index (κ2) is 7.09. The number of aryl methyl sites for hydroxylation is 1. The number of halogens is 1. The molecule has 2 aromatic rings. The molecule has 0 unspecified atom stereocenters. The van der Waals surface area contributed by atoms with Gasteiger partial charge in [0.25, 0.3) is 5.91 Å². The van der Waals surface area contributed by atoms with Crippen LogP contribution in [0.4, 0.5) is 5.82 Å². The molecular formula is C16H18ClN3O. The fraction of sp³-hybridized carbons (Fsp3) is 0.250. The van der Waals surface area contributed by atoms with E-state index in [0.29, 0.717) is 22.9 Å². The van der Waals surface area contributed by atoms with Crippen molar-refractivity contribution in [2.75, 3.05) is 11.9 Å². The molecule has 0 aliphatic rings. The first-order valence-electron chi connectivity index (χ1n) is 6.84. The van der Waals surface area contributed by atoms with Crippen molar-refractivity contribution in [3.05, 3.63) is 58.2 Å². The van der Waals surface area contributed by atoms with Crippen molar-refractivity contribution in [3.63, 3.8) is 0 Å². The first kappa shape index (κ1) is 15.3. The van der Waals surface area contributed by atoms with Gasteiger partial charge in [0.2, 0.25) is 0 Å². The van der Waals surface area contributed by atoms with Crippen LogP contribution in [0.5, 0.6) is 0 Å². The summed E-state index contributed by atoms with van der Waals surface area (Å²) >= 11 is 6.05. The standard InChI is InChI=1S/C16H18ClN3O/c1-3-18-15-8-13(14(17)10-19-15)16(21)20-9-12-7-5-4-6-11(12)2/h4-8,10H,3,9H2,1-2H3,(H,18,19)(H,20,21). The summed E-state index contributed by atoms with van der Waals surface area (Å²) in [6.45, 7) is 5.19. The van der Waals surface area contributed by atoms with Crippen LogP contribution in [0.25, 0.3) is 0 Å². The zero-order valence-electron chi connectivity index (χ0n) is 12.1. The maximum absolute atomic E-state index is 12.3. The molecule has 2 N–H and O–H groups in total. The Morgan fingerprint density at radius 3 is 2.81 bits per heavy atom. The van der Waals surface area contributed by atoms with E-state index in [1.54, 1.807) is 6.07 Å². The predicted octanol–water partition coefficient (Wildman–Crippen LogP) is 3.41. The highest BCUT2D eigenvalue weighted by Crippen LogP contribution is 2.18. The van der Waals surface area contributed by atoms with Gasteiger partial charge in [-0.15, -0.1) is 0 Å². The number of hydrogen-bond acceptors (Lipinski definition) is 3. The molecule has 0 fully saturated rings. The molecule has 0 spiro atoms. The molecule has 1 aromatic heterocycles. The number of amides is 1. The first-order valence-corrected chi connectivity index (χ1v) is 7.21. The number of aromatic nitrogens is 1. The highest BCUT2D eigenvalue weighted by atomic mass is 35.5. The topological polar surface area (TPSA) is 54.0 Å². The number of rotatable bonds is 5. The van der Waals surface area contributed by atoms with Crippen molar-refractivity contribution in [1.29, 1.82) is 0 Å². The summed E-state index contributed by atoms with van der Waals surface area (Å²) in [6.07, 6.45) is 1.49. The minimum Gasteiger partial charge on any atom is -0.370 e. The average molecular weight is 304 g/mol. The van der Waals surface area contributed by atoms with Gasteiger partial charge in [-0.25, -0.2) is 4.98 Å². The van der Waals surface area contributed by atoms with Gasteiger partial charge in [0, 0.05) is 19.3 Å². The third kappa shape index (κ3) is 3.95. The van der Waals surface area contributed by atoms with Gasteiger partial charge in [-0.2, -0.15) is 0 Å². The Morgan fingerprint density at radius 1 is 1.33 bits per heavy atom. The van der Waals surface area contributed by atoms with Crippen molar-refractivity contribution in [2.45, 2.75) is 20.4 Å². The van der Waals surface area contributed by atoms with Gasteiger partial charge >= 0.3 is 0 Å².